The number of anilines is 1. The zero-order chi connectivity index (χ0) is 21.5. The molecule has 2 aromatic carbocycles. The molecule has 0 unspecified atom stereocenters. The third-order valence-electron chi connectivity index (χ3n) is 4.70. The molecular weight excluding hydrogens is 398 g/mol. The van der Waals surface area contributed by atoms with Gasteiger partial charge in [0.2, 0.25) is 5.91 Å². The lowest BCUT2D eigenvalue weighted by Gasteiger charge is -2.18. The molecule has 7 heteroatoms. The van der Waals surface area contributed by atoms with E-state index in [9.17, 15) is 9.59 Å². The highest BCUT2D eigenvalue weighted by molar-refractivity contribution is 7.13. The number of carbonyl (C=O) groups is 2. The van der Waals surface area contributed by atoms with Crippen molar-refractivity contribution in [3.05, 3.63) is 65.2 Å². The van der Waals surface area contributed by atoms with Crippen molar-refractivity contribution in [2.75, 3.05) is 25.5 Å². The molecule has 0 fully saturated rings. The number of nitrogens with zero attached hydrogens (tertiary/aromatic N) is 2. The van der Waals surface area contributed by atoms with Crippen LogP contribution >= 0.6 is 11.3 Å². The van der Waals surface area contributed by atoms with Crippen molar-refractivity contribution in [1.29, 1.82) is 0 Å². The second-order valence-electron chi connectivity index (χ2n) is 6.65. The number of nitrogens with one attached hydrogen (secondary N) is 1. The van der Waals surface area contributed by atoms with Gasteiger partial charge in [0, 0.05) is 35.3 Å². The van der Waals surface area contributed by atoms with Crippen LogP contribution in [0.25, 0.3) is 10.6 Å². The number of rotatable bonds is 8. The van der Waals surface area contributed by atoms with Crippen LogP contribution in [0.5, 0.6) is 5.75 Å². The lowest BCUT2D eigenvalue weighted by Crippen LogP contribution is -2.30. The highest BCUT2D eigenvalue weighted by Crippen LogP contribution is 2.26. The number of aromatic nitrogens is 1. The summed E-state index contributed by atoms with van der Waals surface area (Å²) in [5.74, 6) is 0.635. The molecule has 0 saturated heterocycles. The molecule has 0 atom stereocenters. The van der Waals surface area contributed by atoms with Crippen molar-refractivity contribution in [1.82, 2.24) is 9.88 Å². The Bertz CT molecular complexity index is 993. The second kappa shape index (κ2) is 10.0. The van der Waals surface area contributed by atoms with E-state index in [1.807, 2.05) is 43.5 Å². The van der Waals surface area contributed by atoms with E-state index in [1.54, 1.807) is 36.3 Å². The number of hydrogen-bond donors (Lipinski definition) is 1. The molecule has 1 aromatic heterocycles. The largest absolute Gasteiger partial charge is 0.497 e. The van der Waals surface area contributed by atoms with Gasteiger partial charge in [-0.15, -0.1) is 11.3 Å². The van der Waals surface area contributed by atoms with Crippen LogP contribution in [0.4, 0.5) is 5.69 Å². The standard InChI is InChI=1S/C23H25N3O3S/c1-4-26(5-2)23(28)17-6-10-18(11-7-17)24-21(27)14-19-15-30-22(25-19)16-8-12-20(29-3)13-9-16/h6-13,15H,4-5,14H2,1-3H3,(H,24,27). The Balaban J connectivity index is 1.59. The predicted molar refractivity (Wildman–Crippen MR) is 120 cm³/mol. The van der Waals surface area contributed by atoms with Gasteiger partial charge in [0.05, 0.1) is 19.2 Å². The van der Waals surface area contributed by atoms with Gasteiger partial charge in [-0.2, -0.15) is 0 Å². The lowest BCUT2D eigenvalue weighted by atomic mass is 10.1. The first kappa shape index (κ1) is 21.5. The van der Waals surface area contributed by atoms with Crippen LogP contribution in [0.1, 0.15) is 29.9 Å². The first-order valence-electron chi connectivity index (χ1n) is 9.82. The van der Waals surface area contributed by atoms with Crippen molar-refractivity contribution in [2.45, 2.75) is 20.3 Å². The zero-order valence-corrected chi connectivity index (χ0v) is 18.2. The van der Waals surface area contributed by atoms with Gasteiger partial charge in [-0.3, -0.25) is 9.59 Å². The fourth-order valence-corrected chi connectivity index (χ4v) is 3.84. The highest BCUT2D eigenvalue weighted by atomic mass is 32.1. The molecular formula is C23H25N3O3S. The number of hydrogen-bond acceptors (Lipinski definition) is 5. The molecule has 3 rings (SSSR count). The van der Waals surface area contributed by atoms with Crippen LogP contribution in [0.3, 0.4) is 0 Å². The maximum absolute atomic E-state index is 12.4. The minimum Gasteiger partial charge on any atom is -0.497 e. The summed E-state index contributed by atoms with van der Waals surface area (Å²) in [7, 11) is 1.63. The molecule has 0 radical (unpaired) electrons. The molecule has 0 saturated carbocycles. The van der Waals surface area contributed by atoms with Gasteiger partial charge in [0.25, 0.3) is 5.91 Å². The third kappa shape index (κ3) is 5.24. The van der Waals surface area contributed by atoms with Gasteiger partial charge in [-0.05, 0) is 62.4 Å². The van der Waals surface area contributed by atoms with Crippen LogP contribution in [0, 0.1) is 0 Å². The van der Waals surface area contributed by atoms with E-state index in [1.165, 1.54) is 11.3 Å². The van der Waals surface area contributed by atoms with Gasteiger partial charge in [-0.25, -0.2) is 4.98 Å². The van der Waals surface area contributed by atoms with Gasteiger partial charge < -0.3 is 15.0 Å². The van der Waals surface area contributed by atoms with Crippen LogP contribution in [0.15, 0.2) is 53.9 Å². The number of thiazole rings is 1. The van der Waals surface area contributed by atoms with Crippen LogP contribution in [-0.4, -0.2) is 41.9 Å². The third-order valence-corrected chi connectivity index (χ3v) is 5.64. The Morgan fingerprint density at radius 1 is 1.03 bits per heavy atom. The summed E-state index contributed by atoms with van der Waals surface area (Å²) in [6.45, 7) is 5.24. The zero-order valence-electron chi connectivity index (χ0n) is 17.3. The minimum atomic E-state index is -0.149. The van der Waals surface area contributed by atoms with Gasteiger partial charge in [-0.1, -0.05) is 0 Å². The smallest absolute Gasteiger partial charge is 0.253 e. The van der Waals surface area contributed by atoms with Crippen molar-refractivity contribution in [3.8, 4) is 16.3 Å². The molecule has 2 amide bonds. The maximum Gasteiger partial charge on any atom is 0.253 e. The topological polar surface area (TPSA) is 71.5 Å². The number of methoxy groups -OCH3 is 1. The molecule has 3 aromatic rings. The Labute approximate surface area is 180 Å². The number of carbonyl (C=O) groups excluding carboxylic acids is 2. The Hall–Kier alpha value is -3.19. The Kier molecular flexibility index (Phi) is 7.19. The average Bonchev–Trinajstić information content (AvgIpc) is 3.23. The Morgan fingerprint density at radius 2 is 1.70 bits per heavy atom. The van der Waals surface area contributed by atoms with Crippen LogP contribution < -0.4 is 10.1 Å². The van der Waals surface area contributed by atoms with Crippen LogP contribution in [0.2, 0.25) is 0 Å². The van der Waals surface area contributed by atoms with E-state index < -0.39 is 0 Å². The predicted octanol–water partition coefficient (Wildman–Crippen LogP) is 4.48. The second-order valence-corrected chi connectivity index (χ2v) is 7.51. The summed E-state index contributed by atoms with van der Waals surface area (Å²) in [4.78, 5) is 31.1. The number of benzene rings is 2. The fraction of sp³-hybridized carbons (Fsp3) is 0.261. The summed E-state index contributed by atoms with van der Waals surface area (Å²) >= 11 is 1.50. The molecule has 0 spiro atoms. The first-order valence-corrected chi connectivity index (χ1v) is 10.7. The first-order chi connectivity index (χ1) is 14.5. The molecule has 1 N–H and O–H groups in total. The highest BCUT2D eigenvalue weighted by Gasteiger charge is 2.13. The van der Waals surface area contributed by atoms with Gasteiger partial charge >= 0.3 is 0 Å². The number of amides is 2. The molecule has 1 heterocycles. The van der Waals surface area contributed by atoms with Crippen LogP contribution in [-0.2, 0) is 11.2 Å². The van der Waals surface area contributed by atoms with Crippen molar-refractivity contribution < 1.29 is 14.3 Å². The normalized spacial score (nSPS) is 10.5. The summed E-state index contributed by atoms with van der Waals surface area (Å²) in [6.07, 6.45) is 0.187. The molecule has 0 aliphatic heterocycles. The molecule has 0 aliphatic rings. The monoisotopic (exact) mass is 423 g/mol. The maximum atomic E-state index is 12.4. The van der Waals surface area contributed by atoms with Crippen molar-refractivity contribution in [2.24, 2.45) is 0 Å². The minimum absolute atomic E-state index is 0.00795. The summed E-state index contributed by atoms with van der Waals surface area (Å²) in [5.41, 5.74) is 2.97. The molecule has 156 valence electrons. The summed E-state index contributed by atoms with van der Waals surface area (Å²) in [5, 5.41) is 5.62. The van der Waals surface area contributed by atoms with Crippen molar-refractivity contribution in [3.63, 3.8) is 0 Å². The van der Waals surface area contributed by atoms with E-state index in [0.29, 0.717) is 24.3 Å². The quantitative estimate of drug-likeness (QED) is 0.580. The van der Waals surface area contributed by atoms with E-state index in [-0.39, 0.29) is 18.2 Å². The molecule has 6 nitrogen and oxygen atoms in total. The molecule has 30 heavy (non-hydrogen) atoms. The fourth-order valence-electron chi connectivity index (χ4n) is 3.01. The average molecular weight is 424 g/mol. The van der Waals surface area contributed by atoms with Gasteiger partial charge in [0.1, 0.15) is 10.8 Å². The van der Waals surface area contributed by atoms with E-state index in [2.05, 4.69) is 10.3 Å². The number of ether oxygens (including phenoxy) is 1. The SMILES string of the molecule is CCN(CC)C(=O)c1ccc(NC(=O)Cc2csc(-c3ccc(OC)cc3)n2)cc1. The van der Waals surface area contributed by atoms with E-state index >= 15 is 0 Å². The summed E-state index contributed by atoms with van der Waals surface area (Å²) in [6, 6.07) is 14.6. The summed E-state index contributed by atoms with van der Waals surface area (Å²) < 4.78 is 5.17. The molecule has 0 aliphatic carbocycles. The van der Waals surface area contributed by atoms with E-state index in [4.69, 9.17) is 4.74 Å². The molecule has 0 bridgehead atoms. The van der Waals surface area contributed by atoms with E-state index in [0.717, 1.165) is 22.0 Å². The van der Waals surface area contributed by atoms with Crippen molar-refractivity contribution >= 4 is 28.8 Å². The lowest BCUT2D eigenvalue weighted by molar-refractivity contribution is -0.115. The Morgan fingerprint density at radius 3 is 2.30 bits per heavy atom. The van der Waals surface area contributed by atoms with Gasteiger partial charge in [0.15, 0.2) is 0 Å².